The summed E-state index contributed by atoms with van der Waals surface area (Å²) in [7, 11) is 0. The van der Waals surface area contributed by atoms with Crippen molar-refractivity contribution >= 4 is 29.6 Å². The van der Waals surface area contributed by atoms with E-state index in [2.05, 4.69) is 47.9 Å². The molecule has 6 nitrogen and oxygen atoms in total. The van der Waals surface area contributed by atoms with Crippen LogP contribution in [0.4, 0.5) is 11.4 Å². The van der Waals surface area contributed by atoms with Gasteiger partial charge in [-0.2, -0.15) is 0 Å². The average Bonchev–Trinajstić information content (AvgIpc) is 3.13. The number of fused-ring (bicyclic) bond motifs is 6. The fourth-order valence-corrected chi connectivity index (χ4v) is 4.94. The van der Waals surface area contributed by atoms with Gasteiger partial charge in [-0.05, 0) is 24.1 Å². The standard InChI is InChI=1S/C22H24N4O2.ClH/c1-22(2)13-23-20-18-5-3-4-6-19(18)24-12-11-17(21(24)25(20)14-22)15-7-9-16(10-8-15)26(27)28;/h3-10,17,21H,11-14H2,1-2H3;1H. The molecule has 7 heteroatoms. The van der Waals surface area contributed by atoms with Crippen molar-refractivity contribution in [3.8, 4) is 0 Å². The zero-order chi connectivity index (χ0) is 19.5. The fraction of sp³-hybridized carbons (Fsp3) is 0.409. The molecule has 0 spiro atoms. The summed E-state index contributed by atoms with van der Waals surface area (Å²) in [5.74, 6) is 1.40. The maximum Gasteiger partial charge on any atom is 0.269 e. The Hall–Kier alpha value is -2.60. The minimum Gasteiger partial charge on any atom is -0.350 e. The molecule has 152 valence electrons. The summed E-state index contributed by atoms with van der Waals surface area (Å²) in [5, 5.41) is 11.0. The Kier molecular flexibility index (Phi) is 4.77. The van der Waals surface area contributed by atoms with Gasteiger partial charge in [0, 0.05) is 54.4 Å². The molecule has 2 aromatic carbocycles. The number of para-hydroxylation sites is 1. The molecular formula is C22H25ClN4O2. The first-order valence-electron chi connectivity index (χ1n) is 9.86. The first-order chi connectivity index (χ1) is 13.4. The number of halogens is 1. The van der Waals surface area contributed by atoms with Gasteiger partial charge in [-0.1, -0.05) is 38.1 Å². The predicted molar refractivity (Wildman–Crippen MR) is 117 cm³/mol. The van der Waals surface area contributed by atoms with Gasteiger partial charge in [-0.25, -0.2) is 0 Å². The lowest BCUT2D eigenvalue weighted by Crippen LogP contribution is -2.59. The molecule has 2 atom stereocenters. The number of nitrogens with zero attached hydrogens (tertiary/aromatic N) is 4. The van der Waals surface area contributed by atoms with Crippen LogP contribution in [-0.4, -0.2) is 41.5 Å². The molecule has 3 aliphatic heterocycles. The number of amidine groups is 1. The molecule has 3 heterocycles. The normalized spacial score (nSPS) is 24.0. The molecule has 0 bridgehead atoms. The zero-order valence-electron chi connectivity index (χ0n) is 16.6. The van der Waals surface area contributed by atoms with E-state index in [-0.39, 0.29) is 34.6 Å². The molecule has 2 unspecified atom stereocenters. The SMILES string of the molecule is CC1(C)CN=C2c3ccccc3N3CCC(c4ccc([N+](=O)[O-])cc4)C3N2C1.Cl. The quantitative estimate of drug-likeness (QED) is 0.540. The van der Waals surface area contributed by atoms with E-state index in [9.17, 15) is 10.1 Å². The largest absolute Gasteiger partial charge is 0.350 e. The number of nitro benzene ring substituents is 1. The van der Waals surface area contributed by atoms with Crippen molar-refractivity contribution in [1.29, 1.82) is 0 Å². The second kappa shape index (κ2) is 7.02. The molecular weight excluding hydrogens is 388 g/mol. The van der Waals surface area contributed by atoms with Gasteiger partial charge < -0.3 is 9.80 Å². The van der Waals surface area contributed by atoms with Gasteiger partial charge in [-0.15, -0.1) is 12.4 Å². The van der Waals surface area contributed by atoms with Crippen LogP contribution in [0.2, 0.25) is 0 Å². The zero-order valence-corrected chi connectivity index (χ0v) is 17.4. The number of hydrogen-bond donors (Lipinski definition) is 0. The number of aliphatic imine (C=N–C) groups is 1. The van der Waals surface area contributed by atoms with Crippen molar-refractivity contribution in [2.45, 2.75) is 32.4 Å². The molecule has 2 aromatic rings. The fourth-order valence-electron chi connectivity index (χ4n) is 4.94. The van der Waals surface area contributed by atoms with E-state index in [0.717, 1.165) is 31.9 Å². The van der Waals surface area contributed by atoms with Gasteiger partial charge in [-0.3, -0.25) is 15.1 Å². The third kappa shape index (κ3) is 3.15. The monoisotopic (exact) mass is 412 g/mol. The predicted octanol–water partition coefficient (Wildman–Crippen LogP) is 4.44. The second-order valence-corrected chi connectivity index (χ2v) is 8.80. The smallest absolute Gasteiger partial charge is 0.269 e. The molecule has 1 fully saturated rings. The highest BCUT2D eigenvalue weighted by molar-refractivity contribution is 6.06. The third-order valence-electron chi connectivity index (χ3n) is 6.19. The molecule has 0 radical (unpaired) electrons. The van der Waals surface area contributed by atoms with Crippen LogP contribution < -0.4 is 4.90 Å². The molecule has 0 N–H and O–H groups in total. The van der Waals surface area contributed by atoms with Crippen LogP contribution in [0.5, 0.6) is 0 Å². The van der Waals surface area contributed by atoms with E-state index in [0.29, 0.717) is 5.92 Å². The second-order valence-electron chi connectivity index (χ2n) is 8.80. The van der Waals surface area contributed by atoms with E-state index >= 15 is 0 Å². The highest BCUT2D eigenvalue weighted by atomic mass is 35.5. The average molecular weight is 413 g/mol. The molecule has 1 saturated heterocycles. The van der Waals surface area contributed by atoms with Crippen molar-refractivity contribution in [1.82, 2.24) is 4.90 Å². The maximum atomic E-state index is 11.0. The number of benzene rings is 2. The third-order valence-corrected chi connectivity index (χ3v) is 6.19. The Morgan fingerprint density at radius 2 is 1.83 bits per heavy atom. The minimum atomic E-state index is -0.334. The first-order valence-corrected chi connectivity index (χ1v) is 9.86. The molecule has 0 saturated carbocycles. The van der Waals surface area contributed by atoms with Gasteiger partial charge in [0.25, 0.3) is 5.69 Å². The summed E-state index contributed by atoms with van der Waals surface area (Å²) in [4.78, 5) is 20.7. The van der Waals surface area contributed by atoms with E-state index in [1.807, 2.05) is 12.1 Å². The maximum absolute atomic E-state index is 11.0. The summed E-state index contributed by atoms with van der Waals surface area (Å²) < 4.78 is 0. The number of rotatable bonds is 2. The highest BCUT2D eigenvalue weighted by Gasteiger charge is 2.47. The number of nitro groups is 1. The molecule has 3 aliphatic rings. The number of anilines is 1. The Balaban J connectivity index is 0.00000205. The molecule has 0 aliphatic carbocycles. The van der Waals surface area contributed by atoms with Crippen molar-refractivity contribution < 1.29 is 4.92 Å². The number of non-ortho nitro benzene ring substituents is 1. The summed E-state index contributed by atoms with van der Waals surface area (Å²) in [5.41, 5.74) is 3.92. The van der Waals surface area contributed by atoms with Crippen LogP contribution >= 0.6 is 12.4 Å². The summed E-state index contributed by atoms with van der Waals surface area (Å²) >= 11 is 0. The lowest BCUT2D eigenvalue weighted by atomic mass is 9.86. The van der Waals surface area contributed by atoms with E-state index in [1.165, 1.54) is 16.8 Å². The van der Waals surface area contributed by atoms with Crippen LogP contribution in [0.1, 0.15) is 37.3 Å². The minimum absolute atomic E-state index is 0. The van der Waals surface area contributed by atoms with Crippen molar-refractivity contribution in [3.63, 3.8) is 0 Å². The van der Waals surface area contributed by atoms with Crippen LogP contribution in [0.25, 0.3) is 0 Å². The molecule has 0 aromatic heterocycles. The lowest BCUT2D eigenvalue weighted by Gasteiger charge is -2.50. The Morgan fingerprint density at radius 3 is 2.55 bits per heavy atom. The summed E-state index contributed by atoms with van der Waals surface area (Å²) in [6.45, 7) is 7.32. The van der Waals surface area contributed by atoms with Gasteiger partial charge in [0.05, 0.1) is 4.92 Å². The summed E-state index contributed by atoms with van der Waals surface area (Å²) in [6.07, 6.45) is 1.23. The highest BCUT2D eigenvalue weighted by Crippen LogP contribution is 2.45. The first kappa shape index (κ1) is 19.7. The van der Waals surface area contributed by atoms with Gasteiger partial charge in [0.15, 0.2) is 0 Å². The topological polar surface area (TPSA) is 62.0 Å². The Morgan fingerprint density at radius 1 is 1.10 bits per heavy atom. The molecule has 5 rings (SSSR count). The van der Waals surface area contributed by atoms with Crippen molar-refractivity contribution in [3.05, 3.63) is 69.8 Å². The summed E-state index contributed by atoms with van der Waals surface area (Å²) in [6, 6.07) is 15.7. The van der Waals surface area contributed by atoms with Crippen molar-refractivity contribution in [2.24, 2.45) is 10.4 Å². The van der Waals surface area contributed by atoms with E-state index < -0.39 is 0 Å². The Bertz CT molecular complexity index is 973. The van der Waals surface area contributed by atoms with Gasteiger partial charge in [0.1, 0.15) is 12.0 Å². The number of hydrogen-bond acceptors (Lipinski definition) is 5. The van der Waals surface area contributed by atoms with E-state index in [1.54, 1.807) is 12.1 Å². The van der Waals surface area contributed by atoms with Crippen LogP contribution in [0.3, 0.4) is 0 Å². The lowest BCUT2D eigenvalue weighted by molar-refractivity contribution is -0.384. The molecule has 29 heavy (non-hydrogen) atoms. The van der Waals surface area contributed by atoms with Crippen LogP contribution in [0.15, 0.2) is 53.5 Å². The van der Waals surface area contributed by atoms with Crippen LogP contribution in [0, 0.1) is 15.5 Å². The Labute approximate surface area is 176 Å². The van der Waals surface area contributed by atoms with Crippen LogP contribution in [-0.2, 0) is 0 Å². The van der Waals surface area contributed by atoms with Gasteiger partial charge in [0.2, 0.25) is 0 Å². The molecule has 0 amide bonds. The van der Waals surface area contributed by atoms with E-state index in [4.69, 9.17) is 4.99 Å². The van der Waals surface area contributed by atoms with Crippen molar-refractivity contribution in [2.75, 3.05) is 24.5 Å². The van der Waals surface area contributed by atoms with Gasteiger partial charge >= 0.3 is 0 Å².